The lowest BCUT2D eigenvalue weighted by Gasteiger charge is -2.18. The van der Waals surface area contributed by atoms with E-state index in [0.29, 0.717) is 25.3 Å². The van der Waals surface area contributed by atoms with Crippen LogP contribution in [0.3, 0.4) is 0 Å². The summed E-state index contributed by atoms with van der Waals surface area (Å²) in [6.45, 7) is 5.42. The van der Waals surface area contributed by atoms with E-state index in [1.165, 1.54) is 0 Å². The van der Waals surface area contributed by atoms with Gasteiger partial charge >= 0.3 is 0 Å². The number of ether oxygens (including phenoxy) is 1. The predicted molar refractivity (Wildman–Crippen MR) is 107 cm³/mol. The van der Waals surface area contributed by atoms with Crippen molar-refractivity contribution in [2.24, 2.45) is 0 Å². The number of para-hydroxylation sites is 1. The largest absolute Gasteiger partial charge is 0.493 e. The van der Waals surface area contributed by atoms with E-state index in [1.54, 1.807) is 18.0 Å². The topological polar surface area (TPSA) is 58.6 Å². The maximum Gasteiger partial charge on any atom is 0.251 e. The zero-order chi connectivity index (χ0) is 19.6. The zero-order valence-corrected chi connectivity index (χ0v) is 16.3. The minimum absolute atomic E-state index is 0.0102. The Hall–Kier alpha value is -2.82. The Morgan fingerprint density at radius 2 is 1.67 bits per heavy atom. The number of carbonyl (C=O) groups excluding carboxylic acids is 2. The summed E-state index contributed by atoms with van der Waals surface area (Å²) in [5.41, 5.74) is 2.67. The number of nitrogens with zero attached hydrogens (tertiary/aromatic N) is 1. The molecule has 0 saturated carbocycles. The van der Waals surface area contributed by atoms with Crippen LogP contribution in [-0.4, -0.2) is 43.5 Å². The van der Waals surface area contributed by atoms with E-state index < -0.39 is 0 Å². The van der Waals surface area contributed by atoms with Crippen molar-refractivity contribution < 1.29 is 14.3 Å². The number of rotatable bonds is 9. The molecule has 0 aliphatic rings. The molecule has 0 heterocycles. The molecule has 0 radical (unpaired) electrons. The summed E-state index contributed by atoms with van der Waals surface area (Å²) in [4.78, 5) is 26.0. The molecule has 0 fully saturated rings. The first kappa shape index (κ1) is 20.5. The first-order chi connectivity index (χ1) is 13.0. The van der Waals surface area contributed by atoms with Crippen molar-refractivity contribution in [3.63, 3.8) is 0 Å². The van der Waals surface area contributed by atoms with Gasteiger partial charge in [-0.15, -0.1) is 0 Å². The van der Waals surface area contributed by atoms with Gasteiger partial charge in [0.1, 0.15) is 5.75 Å². The van der Waals surface area contributed by atoms with Crippen molar-refractivity contribution >= 4 is 11.8 Å². The standard InChI is InChI=1S/C22H28N2O3/c1-17-9-4-6-11-19(17)22(26)23-14-13-21(25)24(3)15-8-16-27-20-12-7-5-10-18(20)2/h4-7,9-12H,8,13-16H2,1-3H3,(H,23,26). The van der Waals surface area contributed by atoms with Crippen molar-refractivity contribution in [1.82, 2.24) is 10.2 Å². The summed E-state index contributed by atoms with van der Waals surface area (Å²) in [5, 5.41) is 2.81. The predicted octanol–water partition coefficient (Wildman–Crippen LogP) is 3.35. The van der Waals surface area contributed by atoms with Crippen LogP contribution in [0.1, 0.15) is 34.3 Å². The summed E-state index contributed by atoms with van der Waals surface area (Å²) < 4.78 is 5.74. The Morgan fingerprint density at radius 3 is 2.37 bits per heavy atom. The molecule has 0 aliphatic heterocycles. The highest BCUT2D eigenvalue weighted by molar-refractivity contribution is 5.95. The van der Waals surface area contributed by atoms with Gasteiger partial charge in [0.05, 0.1) is 6.61 Å². The molecule has 2 amide bonds. The molecule has 5 heteroatoms. The molecule has 0 bridgehead atoms. The molecular weight excluding hydrogens is 340 g/mol. The molecule has 0 saturated heterocycles. The number of hydrogen-bond donors (Lipinski definition) is 1. The molecule has 144 valence electrons. The lowest BCUT2D eigenvalue weighted by atomic mass is 10.1. The average molecular weight is 368 g/mol. The molecule has 0 aliphatic carbocycles. The number of carbonyl (C=O) groups is 2. The van der Waals surface area contributed by atoms with E-state index in [2.05, 4.69) is 5.32 Å². The van der Waals surface area contributed by atoms with E-state index in [0.717, 1.165) is 23.3 Å². The van der Waals surface area contributed by atoms with Crippen LogP contribution in [-0.2, 0) is 4.79 Å². The zero-order valence-electron chi connectivity index (χ0n) is 16.3. The first-order valence-electron chi connectivity index (χ1n) is 9.25. The Bertz CT molecular complexity index is 774. The second-order valence-corrected chi connectivity index (χ2v) is 6.60. The minimum atomic E-state index is -0.143. The fourth-order valence-corrected chi connectivity index (χ4v) is 2.72. The molecule has 1 N–H and O–H groups in total. The minimum Gasteiger partial charge on any atom is -0.493 e. The third-order valence-electron chi connectivity index (χ3n) is 4.43. The third-order valence-corrected chi connectivity index (χ3v) is 4.43. The number of amides is 2. The van der Waals surface area contributed by atoms with Gasteiger partial charge in [0, 0.05) is 32.1 Å². The monoisotopic (exact) mass is 368 g/mol. The molecular formula is C22H28N2O3. The van der Waals surface area contributed by atoms with Gasteiger partial charge < -0.3 is 15.0 Å². The highest BCUT2D eigenvalue weighted by Crippen LogP contribution is 2.16. The lowest BCUT2D eigenvalue weighted by Crippen LogP contribution is -2.33. The van der Waals surface area contributed by atoms with Crippen LogP contribution in [0.2, 0.25) is 0 Å². The normalized spacial score (nSPS) is 10.3. The summed E-state index contributed by atoms with van der Waals surface area (Å²) in [6, 6.07) is 15.3. The molecule has 5 nitrogen and oxygen atoms in total. The molecule has 2 aromatic rings. The number of hydrogen-bond acceptors (Lipinski definition) is 3. The van der Waals surface area contributed by atoms with E-state index in [4.69, 9.17) is 4.74 Å². The van der Waals surface area contributed by atoms with Crippen molar-refractivity contribution in [2.75, 3.05) is 26.7 Å². The smallest absolute Gasteiger partial charge is 0.251 e. The summed E-state index contributed by atoms with van der Waals surface area (Å²) >= 11 is 0. The second kappa shape index (κ2) is 10.4. The second-order valence-electron chi connectivity index (χ2n) is 6.60. The molecule has 2 rings (SSSR count). The Morgan fingerprint density at radius 1 is 1.00 bits per heavy atom. The fraction of sp³-hybridized carbons (Fsp3) is 0.364. The van der Waals surface area contributed by atoms with Crippen LogP contribution >= 0.6 is 0 Å². The maximum atomic E-state index is 12.2. The van der Waals surface area contributed by atoms with Gasteiger partial charge in [0.2, 0.25) is 5.91 Å². The SMILES string of the molecule is Cc1ccccc1OCCCN(C)C(=O)CCNC(=O)c1ccccc1C. The van der Waals surface area contributed by atoms with Gasteiger partial charge in [-0.3, -0.25) is 9.59 Å². The molecule has 0 atom stereocenters. The van der Waals surface area contributed by atoms with Crippen molar-refractivity contribution in [1.29, 1.82) is 0 Å². The average Bonchev–Trinajstić information content (AvgIpc) is 2.66. The maximum absolute atomic E-state index is 12.2. The van der Waals surface area contributed by atoms with Crippen LogP contribution in [0, 0.1) is 13.8 Å². The Labute approximate surface area is 161 Å². The fourth-order valence-electron chi connectivity index (χ4n) is 2.72. The highest BCUT2D eigenvalue weighted by atomic mass is 16.5. The molecule has 0 aromatic heterocycles. The van der Waals surface area contributed by atoms with Gasteiger partial charge in [-0.2, -0.15) is 0 Å². The van der Waals surface area contributed by atoms with Crippen LogP contribution < -0.4 is 10.1 Å². The van der Waals surface area contributed by atoms with E-state index in [9.17, 15) is 9.59 Å². The van der Waals surface area contributed by atoms with Crippen LogP contribution in [0.5, 0.6) is 5.75 Å². The van der Waals surface area contributed by atoms with E-state index >= 15 is 0 Å². The molecule has 0 spiro atoms. The summed E-state index contributed by atoms with van der Waals surface area (Å²) in [6.07, 6.45) is 1.04. The van der Waals surface area contributed by atoms with Crippen molar-refractivity contribution in [2.45, 2.75) is 26.7 Å². The van der Waals surface area contributed by atoms with Gasteiger partial charge in [-0.25, -0.2) is 0 Å². The van der Waals surface area contributed by atoms with Crippen LogP contribution in [0.4, 0.5) is 0 Å². The summed E-state index contributed by atoms with van der Waals surface area (Å²) in [5.74, 6) is 0.747. The van der Waals surface area contributed by atoms with Gasteiger partial charge in [0.15, 0.2) is 0 Å². The number of nitrogens with one attached hydrogen (secondary N) is 1. The Kier molecular flexibility index (Phi) is 7.86. The van der Waals surface area contributed by atoms with Gasteiger partial charge in [-0.1, -0.05) is 36.4 Å². The van der Waals surface area contributed by atoms with Gasteiger partial charge in [-0.05, 0) is 43.5 Å². The van der Waals surface area contributed by atoms with E-state index in [-0.39, 0.29) is 18.2 Å². The molecule has 2 aromatic carbocycles. The van der Waals surface area contributed by atoms with Crippen molar-refractivity contribution in [3.05, 3.63) is 65.2 Å². The van der Waals surface area contributed by atoms with Crippen molar-refractivity contribution in [3.8, 4) is 5.75 Å². The van der Waals surface area contributed by atoms with Crippen LogP contribution in [0.15, 0.2) is 48.5 Å². The summed E-state index contributed by atoms with van der Waals surface area (Å²) in [7, 11) is 1.78. The van der Waals surface area contributed by atoms with Crippen LogP contribution in [0.25, 0.3) is 0 Å². The molecule has 0 unspecified atom stereocenters. The first-order valence-corrected chi connectivity index (χ1v) is 9.25. The quantitative estimate of drug-likeness (QED) is 0.691. The van der Waals surface area contributed by atoms with Gasteiger partial charge in [0.25, 0.3) is 5.91 Å². The third kappa shape index (κ3) is 6.44. The lowest BCUT2D eigenvalue weighted by molar-refractivity contribution is -0.129. The number of benzene rings is 2. The molecule has 27 heavy (non-hydrogen) atoms. The number of aryl methyl sites for hydroxylation is 2. The highest BCUT2D eigenvalue weighted by Gasteiger charge is 2.11. The van der Waals surface area contributed by atoms with E-state index in [1.807, 2.05) is 56.3 Å². The Balaban J connectivity index is 1.64.